The largest absolute Gasteiger partial charge is 0.491 e. The summed E-state index contributed by atoms with van der Waals surface area (Å²) < 4.78 is 10.6. The van der Waals surface area contributed by atoms with Crippen LogP contribution in [0.5, 0.6) is 5.75 Å². The van der Waals surface area contributed by atoms with E-state index in [2.05, 4.69) is 10.2 Å². The molecule has 0 bridgehead atoms. The zero-order chi connectivity index (χ0) is 16.8. The van der Waals surface area contributed by atoms with Crippen molar-refractivity contribution in [2.45, 2.75) is 12.5 Å². The van der Waals surface area contributed by atoms with Crippen molar-refractivity contribution in [2.24, 2.45) is 0 Å². The number of carbonyl (C=O) groups is 1. The zero-order valence-corrected chi connectivity index (χ0v) is 14.4. The van der Waals surface area contributed by atoms with Crippen LogP contribution in [-0.2, 0) is 4.74 Å². The molecular weight excluding hydrogens is 306 g/mol. The third kappa shape index (κ3) is 4.26. The summed E-state index contributed by atoms with van der Waals surface area (Å²) >= 11 is 0. The lowest BCUT2D eigenvalue weighted by Crippen LogP contribution is -2.49. The van der Waals surface area contributed by atoms with Crippen LogP contribution in [0.15, 0.2) is 24.3 Å². The Labute approximate surface area is 143 Å². The normalized spacial score (nSPS) is 21.9. The minimum Gasteiger partial charge on any atom is -0.491 e. The summed E-state index contributed by atoms with van der Waals surface area (Å²) in [4.78, 5) is 17.3. The van der Waals surface area contributed by atoms with Crippen molar-refractivity contribution in [3.05, 3.63) is 29.8 Å². The van der Waals surface area contributed by atoms with E-state index >= 15 is 0 Å². The molecule has 0 saturated carbocycles. The van der Waals surface area contributed by atoms with Gasteiger partial charge in [0.15, 0.2) is 0 Å². The Hall–Kier alpha value is -1.63. The van der Waals surface area contributed by atoms with E-state index in [0.717, 1.165) is 51.4 Å². The van der Waals surface area contributed by atoms with Crippen molar-refractivity contribution in [3.63, 3.8) is 0 Å². The summed E-state index contributed by atoms with van der Waals surface area (Å²) in [7, 11) is 1.64. The molecular formula is C18H27N3O3. The molecule has 132 valence electrons. The molecule has 1 unspecified atom stereocenters. The topological polar surface area (TPSA) is 54.0 Å². The first kappa shape index (κ1) is 17.2. The number of ether oxygens (including phenoxy) is 2. The summed E-state index contributed by atoms with van der Waals surface area (Å²) in [6, 6.07) is 7.94. The highest BCUT2D eigenvalue weighted by Gasteiger charge is 2.31. The molecule has 0 aromatic heterocycles. The fraction of sp³-hybridized carbons (Fsp3) is 0.611. The van der Waals surface area contributed by atoms with Crippen LogP contribution in [0.25, 0.3) is 0 Å². The first-order valence-electron chi connectivity index (χ1n) is 8.74. The average Bonchev–Trinajstić information content (AvgIpc) is 3.12. The first-order valence-corrected chi connectivity index (χ1v) is 8.74. The molecule has 6 heteroatoms. The van der Waals surface area contributed by atoms with Gasteiger partial charge in [0.1, 0.15) is 12.4 Å². The molecule has 24 heavy (non-hydrogen) atoms. The quantitative estimate of drug-likeness (QED) is 0.782. The monoisotopic (exact) mass is 333 g/mol. The Balaban J connectivity index is 1.57. The lowest BCUT2D eigenvalue weighted by Gasteiger charge is -2.32. The van der Waals surface area contributed by atoms with E-state index in [0.29, 0.717) is 24.8 Å². The third-order valence-electron chi connectivity index (χ3n) is 4.76. The lowest BCUT2D eigenvalue weighted by molar-refractivity contribution is 0.0773. The number of nitrogens with one attached hydrogen (secondary N) is 1. The predicted octanol–water partition coefficient (Wildman–Crippen LogP) is 0.832. The van der Waals surface area contributed by atoms with Gasteiger partial charge in [-0.1, -0.05) is 6.07 Å². The van der Waals surface area contributed by atoms with Gasteiger partial charge in [0.25, 0.3) is 5.91 Å². The molecule has 3 rings (SSSR count). The van der Waals surface area contributed by atoms with Crippen molar-refractivity contribution >= 4 is 5.91 Å². The minimum absolute atomic E-state index is 0.102. The predicted molar refractivity (Wildman–Crippen MR) is 92.6 cm³/mol. The highest BCUT2D eigenvalue weighted by molar-refractivity contribution is 5.94. The number of likely N-dealkylation sites (tertiary alicyclic amines) is 1. The Morgan fingerprint density at radius 3 is 2.88 bits per heavy atom. The van der Waals surface area contributed by atoms with Crippen LogP contribution in [-0.4, -0.2) is 81.3 Å². The first-order chi connectivity index (χ1) is 11.8. The molecule has 2 aliphatic heterocycles. The van der Waals surface area contributed by atoms with Crippen LogP contribution in [0.2, 0.25) is 0 Å². The van der Waals surface area contributed by atoms with E-state index in [9.17, 15) is 4.79 Å². The summed E-state index contributed by atoms with van der Waals surface area (Å²) in [5, 5.41) is 3.38. The molecule has 1 atom stereocenters. The van der Waals surface area contributed by atoms with Crippen molar-refractivity contribution in [1.82, 2.24) is 15.1 Å². The molecule has 1 aromatic rings. The van der Waals surface area contributed by atoms with E-state index in [1.807, 2.05) is 29.2 Å². The van der Waals surface area contributed by atoms with Crippen LogP contribution in [0.4, 0.5) is 0 Å². The zero-order valence-electron chi connectivity index (χ0n) is 14.4. The van der Waals surface area contributed by atoms with E-state index in [4.69, 9.17) is 9.47 Å². The van der Waals surface area contributed by atoms with Gasteiger partial charge >= 0.3 is 0 Å². The van der Waals surface area contributed by atoms with Gasteiger partial charge in [0.05, 0.1) is 6.61 Å². The Morgan fingerprint density at radius 1 is 1.25 bits per heavy atom. The number of carbonyl (C=O) groups excluding carboxylic acids is 1. The Kier molecular flexibility index (Phi) is 6.07. The Morgan fingerprint density at radius 2 is 2.08 bits per heavy atom. The molecule has 6 nitrogen and oxygen atoms in total. The second-order valence-electron chi connectivity index (χ2n) is 6.35. The number of hydrogen-bond donors (Lipinski definition) is 1. The highest BCUT2D eigenvalue weighted by Crippen LogP contribution is 2.20. The van der Waals surface area contributed by atoms with Gasteiger partial charge in [-0.05, 0) is 24.6 Å². The van der Waals surface area contributed by atoms with Gasteiger partial charge in [-0.25, -0.2) is 0 Å². The number of amides is 1. The highest BCUT2D eigenvalue weighted by atomic mass is 16.5. The van der Waals surface area contributed by atoms with Gasteiger partial charge in [-0.2, -0.15) is 0 Å². The third-order valence-corrected chi connectivity index (χ3v) is 4.76. The van der Waals surface area contributed by atoms with E-state index in [-0.39, 0.29) is 5.91 Å². The van der Waals surface area contributed by atoms with Gasteiger partial charge < -0.3 is 19.7 Å². The SMILES string of the molecule is COCCOc1cccc(C(=O)N2CCC(N3CCNCC3)C2)c1. The Bertz CT molecular complexity index is 546. The minimum atomic E-state index is 0.102. The molecule has 2 saturated heterocycles. The van der Waals surface area contributed by atoms with Gasteiger partial charge in [-0.3, -0.25) is 9.69 Å². The fourth-order valence-corrected chi connectivity index (χ4v) is 3.42. The number of nitrogens with zero attached hydrogens (tertiary/aromatic N) is 2. The molecule has 2 heterocycles. The molecule has 0 spiro atoms. The lowest BCUT2D eigenvalue weighted by atomic mass is 10.2. The molecule has 2 fully saturated rings. The van der Waals surface area contributed by atoms with Crippen LogP contribution in [0.1, 0.15) is 16.8 Å². The van der Waals surface area contributed by atoms with E-state index < -0.39 is 0 Å². The second kappa shape index (κ2) is 8.46. The smallest absolute Gasteiger partial charge is 0.254 e. The second-order valence-corrected chi connectivity index (χ2v) is 6.35. The molecule has 1 amide bonds. The maximum Gasteiger partial charge on any atom is 0.254 e. The van der Waals surface area contributed by atoms with Crippen molar-refractivity contribution in [1.29, 1.82) is 0 Å². The van der Waals surface area contributed by atoms with Crippen LogP contribution >= 0.6 is 0 Å². The van der Waals surface area contributed by atoms with Crippen LogP contribution in [0, 0.1) is 0 Å². The summed E-state index contributed by atoms with van der Waals surface area (Å²) in [5.74, 6) is 0.820. The van der Waals surface area contributed by atoms with Gasteiger partial charge in [0, 0.05) is 58.0 Å². The van der Waals surface area contributed by atoms with E-state index in [1.54, 1.807) is 7.11 Å². The summed E-state index contributed by atoms with van der Waals surface area (Å²) in [6.07, 6.45) is 1.07. The molecule has 0 radical (unpaired) electrons. The molecule has 1 aromatic carbocycles. The molecule has 1 N–H and O–H groups in total. The average molecular weight is 333 g/mol. The number of hydrogen-bond acceptors (Lipinski definition) is 5. The summed E-state index contributed by atoms with van der Waals surface area (Å²) in [6.45, 7) is 6.94. The van der Waals surface area contributed by atoms with Crippen molar-refractivity contribution in [3.8, 4) is 5.75 Å². The molecule has 2 aliphatic rings. The maximum atomic E-state index is 12.8. The molecule has 0 aliphatic carbocycles. The van der Waals surface area contributed by atoms with Crippen molar-refractivity contribution < 1.29 is 14.3 Å². The number of piperazine rings is 1. The van der Waals surface area contributed by atoms with E-state index in [1.165, 1.54) is 0 Å². The number of rotatable bonds is 6. The summed E-state index contributed by atoms with van der Waals surface area (Å²) in [5.41, 5.74) is 0.700. The maximum absolute atomic E-state index is 12.8. The van der Waals surface area contributed by atoms with Crippen molar-refractivity contribution in [2.75, 3.05) is 59.6 Å². The van der Waals surface area contributed by atoms with Gasteiger partial charge in [0.2, 0.25) is 0 Å². The van der Waals surface area contributed by atoms with Crippen LogP contribution in [0.3, 0.4) is 0 Å². The number of benzene rings is 1. The van der Waals surface area contributed by atoms with Crippen LogP contribution < -0.4 is 10.1 Å². The standard InChI is InChI=1S/C18H27N3O3/c1-23-11-12-24-17-4-2-3-15(13-17)18(22)21-8-5-16(14-21)20-9-6-19-7-10-20/h2-4,13,16,19H,5-12,14H2,1H3. The fourth-order valence-electron chi connectivity index (χ4n) is 3.42. The number of methoxy groups -OCH3 is 1. The van der Waals surface area contributed by atoms with Gasteiger partial charge in [-0.15, -0.1) is 0 Å².